The highest BCUT2D eigenvalue weighted by atomic mass is 16.2. The van der Waals surface area contributed by atoms with Gasteiger partial charge in [0.2, 0.25) is 5.91 Å². The van der Waals surface area contributed by atoms with Crippen LogP contribution < -0.4 is 11.1 Å². The summed E-state index contributed by atoms with van der Waals surface area (Å²) in [5.74, 6) is -0.216. The Balaban J connectivity index is 2.05. The van der Waals surface area contributed by atoms with E-state index in [2.05, 4.69) is 10.3 Å². The van der Waals surface area contributed by atoms with Crippen LogP contribution in [0, 0.1) is 6.92 Å². The third kappa shape index (κ3) is 3.22. The van der Waals surface area contributed by atoms with Gasteiger partial charge >= 0.3 is 0 Å². The number of rotatable bonds is 4. The fourth-order valence-electron chi connectivity index (χ4n) is 1.97. The number of aryl methyl sites for hydroxylation is 1. The van der Waals surface area contributed by atoms with Gasteiger partial charge in [0, 0.05) is 5.69 Å². The molecule has 3 N–H and O–H groups in total. The quantitative estimate of drug-likeness (QED) is 0.890. The van der Waals surface area contributed by atoms with Crippen LogP contribution >= 0.6 is 0 Å². The van der Waals surface area contributed by atoms with E-state index in [-0.39, 0.29) is 5.91 Å². The molecule has 0 radical (unpaired) electrons. The zero-order valence-corrected chi connectivity index (χ0v) is 11.8. The summed E-state index contributed by atoms with van der Waals surface area (Å²) < 4.78 is 0. The van der Waals surface area contributed by atoms with E-state index in [1.165, 1.54) is 0 Å². The Bertz CT molecular complexity index is 594. The van der Waals surface area contributed by atoms with Gasteiger partial charge in [-0.2, -0.15) is 0 Å². The summed E-state index contributed by atoms with van der Waals surface area (Å²) >= 11 is 0. The fraction of sp³-hybridized carbons (Fsp3) is 0.250. The van der Waals surface area contributed by atoms with Crippen LogP contribution in [0.3, 0.4) is 0 Å². The summed E-state index contributed by atoms with van der Waals surface area (Å²) in [5.41, 5.74) is 7.63. The number of aromatic nitrogens is 1. The molecule has 2 aromatic rings. The van der Waals surface area contributed by atoms with E-state index in [9.17, 15) is 4.79 Å². The second-order valence-corrected chi connectivity index (χ2v) is 5.02. The molecule has 1 heterocycles. The predicted octanol–water partition coefficient (Wildman–Crippen LogP) is 1.88. The van der Waals surface area contributed by atoms with Gasteiger partial charge in [0.05, 0.1) is 12.2 Å². The van der Waals surface area contributed by atoms with Gasteiger partial charge in [0.25, 0.3) is 0 Å². The van der Waals surface area contributed by atoms with Crippen LogP contribution in [0.15, 0.2) is 48.5 Å². The number of amides is 1. The van der Waals surface area contributed by atoms with Crippen LogP contribution in [-0.2, 0) is 16.9 Å². The molecule has 0 aliphatic heterocycles. The van der Waals surface area contributed by atoms with Crippen molar-refractivity contribution in [2.45, 2.75) is 25.9 Å². The van der Waals surface area contributed by atoms with Crippen molar-refractivity contribution in [3.05, 3.63) is 65.5 Å². The SMILES string of the molecule is Cc1cccc(CNC(=O)C(C)(N)c2ccccc2)n1. The molecule has 1 unspecified atom stereocenters. The van der Waals surface area contributed by atoms with Gasteiger partial charge < -0.3 is 11.1 Å². The zero-order valence-electron chi connectivity index (χ0n) is 11.8. The molecule has 0 bridgehead atoms. The monoisotopic (exact) mass is 269 g/mol. The van der Waals surface area contributed by atoms with Crippen molar-refractivity contribution in [1.82, 2.24) is 10.3 Å². The van der Waals surface area contributed by atoms with Gasteiger partial charge in [0.15, 0.2) is 0 Å². The average molecular weight is 269 g/mol. The van der Waals surface area contributed by atoms with Gasteiger partial charge in [-0.3, -0.25) is 9.78 Å². The van der Waals surface area contributed by atoms with Gasteiger partial charge in [-0.1, -0.05) is 36.4 Å². The number of hydrogen-bond donors (Lipinski definition) is 2. The molecule has 0 saturated heterocycles. The molecule has 1 aromatic carbocycles. The van der Waals surface area contributed by atoms with Crippen LogP contribution in [0.25, 0.3) is 0 Å². The number of nitrogens with zero attached hydrogens (tertiary/aromatic N) is 1. The molecule has 1 atom stereocenters. The Labute approximate surface area is 119 Å². The Hall–Kier alpha value is -2.20. The average Bonchev–Trinajstić information content (AvgIpc) is 2.45. The van der Waals surface area contributed by atoms with Crippen LogP contribution in [0.1, 0.15) is 23.9 Å². The summed E-state index contributed by atoms with van der Waals surface area (Å²) in [6, 6.07) is 15.1. The molecule has 2 rings (SSSR count). The lowest BCUT2D eigenvalue weighted by Gasteiger charge is -2.24. The maximum Gasteiger partial charge on any atom is 0.244 e. The van der Waals surface area contributed by atoms with Gasteiger partial charge in [-0.15, -0.1) is 0 Å². The molecular weight excluding hydrogens is 250 g/mol. The third-order valence-corrected chi connectivity index (χ3v) is 3.22. The summed E-state index contributed by atoms with van der Waals surface area (Å²) in [6.07, 6.45) is 0. The molecule has 0 fully saturated rings. The molecule has 1 aromatic heterocycles. The zero-order chi connectivity index (χ0) is 14.6. The second-order valence-electron chi connectivity index (χ2n) is 5.02. The van der Waals surface area contributed by atoms with E-state index in [1.807, 2.05) is 55.5 Å². The number of nitrogens with two attached hydrogens (primary N) is 1. The lowest BCUT2D eigenvalue weighted by Crippen LogP contribution is -2.48. The fourth-order valence-corrected chi connectivity index (χ4v) is 1.97. The molecule has 0 aliphatic rings. The molecular formula is C16H19N3O. The van der Waals surface area contributed by atoms with Crippen molar-refractivity contribution in [2.24, 2.45) is 5.73 Å². The standard InChI is InChI=1S/C16H19N3O/c1-12-7-6-10-14(19-12)11-18-15(20)16(2,17)13-8-4-3-5-9-13/h3-10H,11,17H2,1-2H3,(H,18,20). The normalized spacial score (nSPS) is 13.6. The van der Waals surface area contributed by atoms with Crippen molar-refractivity contribution in [2.75, 3.05) is 0 Å². The number of benzene rings is 1. The third-order valence-electron chi connectivity index (χ3n) is 3.22. The number of pyridine rings is 1. The molecule has 0 spiro atoms. The van der Waals surface area contributed by atoms with E-state index >= 15 is 0 Å². The predicted molar refractivity (Wildman–Crippen MR) is 78.8 cm³/mol. The largest absolute Gasteiger partial charge is 0.349 e. The lowest BCUT2D eigenvalue weighted by atomic mass is 9.92. The van der Waals surface area contributed by atoms with E-state index in [0.717, 1.165) is 17.0 Å². The van der Waals surface area contributed by atoms with Crippen molar-refractivity contribution in [3.8, 4) is 0 Å². The van der Waals surface area contributed by atoms with Crippen molar-refractivity contribution < 1.29 is 4.79 Å². The Kier molecular flexibility index (Phi) is 4.15. The number of carbonyl (C=O) groups is 1. The number of carbonyl (C=O) groups excluding carboxylic acids is 1. The summed E-state index contributed by atoms with van der Waals surface area (Å²) in [4.78, 5) is 16.6. The van der Waals surface area contributed by atoms with Crippen LogP contribution in [-0.4, -0.2) is 10.9 Å². The molecule has 1 amide bonds. The van der Waals surface area contributed by atoms with Gasteiger partial charge in [0.1, 0.15) is 5.54 Å². The summed E-state index contributed by atoms with van der Waals surface area (Å²) in [7, 11) is 0. The Morgan fingerprint density at radius 2 is 1.90 bits per heavy atom. The molecule has 20 heavy (non-hydrogen) atoms. The minimum absolute atomic E-state index is 0.216. The first-order chi connectivity index (χ1) is 9.50. The van der Waals surface area contributed by atoms with Crippen LogP contribution in [0.2, 0.25) is 0 Å². The molecule has 0 saturated carbocycles. The van der Waals surface area contributed by atoms with Crippen molar-refractivity contribution in [1.29, 1.82) is 0 Å². The topological polar surface area (TPSA) is 68.0 Å². The lowest BCUT2D eigenvalue weighted by molar-refractivity contribution is -0.126. The van der Waals surface area contributed by atoms with Crippen LogP contribution in [0.5, 0.6) is 0 Å². The van der Waals surface area contributed by atoms with Crippen LogP contribution in [0.4, 0.5) is 0 Å². The number of hydrogen-bond acceptors (Lipinski definition) is 3. The summed E-state index contributed by atoms with van der Waals surface area (Å²) in [6.45, 7) is 4.00. The van der Waals surface area contributed by atoms with Crippen molar-refractivity contribution >= 4 is 5.91 Å². The first-order valence-corrected chi connectivity index (χ1v) is 6.55. The highest BCUT2D eigenvalue weighted by molar-refractivity contribution is 5.86. The molecule has 0 aliphatic carbocycles. The minimum Gasteiger partial charge on any atom is -0.349 e. The summed E-state index contributed by atoms with van der Waals surface area (Å²) in [5, 5.41) is 2.84. The number of nitrogens with one attached hydrogen (secondary N) is 1. The maximum absolute atomic E-state index is 12.3. The van der Waals surface area contributed by atoms with E-state index < -0.39 is 5.54 Å². The molecule has 4 heteroatoms. The Morgan fingerprint density at radius 1 is 1.20 bits per heavy atom. The van der Waals surface area contributed by atoms with E-state index in [0.29, 0.717) is 6.54 Å². The second kappa shape index (κ2) is 5.84. The highest BCUT2D eigenvalue weighted by Gasteiger charge is 2.29. The van der Waals surface area contributed by atoms with Gasteiger partial charge in [-0.25, -0.2) is 0 Å². The van der Waals surface area contributed by atoms with E-state index in [1.54, 1.807) is 6.92 Å². The smallest absolute Gasteiger partial charge is 0.244 e. The first kappa shape index (κ1) is 14.2. The maximum atomic E-state index is 12.3. The molecule has 104 valence electrons. The Morgan fingerprint density at radius 3 is 2.55 bits per heavy atom. The van der Waals surface area contributed by atoms with Gasteiger partial charge in [-0.05, 0) is 31.5 Å². The first-order valence-electron chi connectivity index (χ1n) is 6.55. The minimum atomic E-state index is -1.05. The van der Waals surface area contributed by atoms with Crippen molar-refractivity contribution in [3.63, 3.8) is 0 Å². The van der Waals surface area contributed by atoms with E-state index in [4.69, 9.17) is 5.73 Å². The highest BCUT2D eigenvalue weighted by Crippen LogP contribution is 2.17. The molecule has 4 nitrogen and oxygen atoms in total.